The Hall–Kier alpha value is -1.44. The number of imidazole rings is 1. The van der Waals surface area contributed by atoms with E-state index in [4.69, 9.17) is 0 Å². The van der Waals surface area contributed by atoms with E-state index in [1.807, 2.05) is 16.5 Å². The molecule has 4 rings (SSSR count). The molecule has 0 spiro atoms. The lowest BCUT2D eigenvalue weighted by Gasteiger charge is -2.32. The topological polar surface area (TPSA) is 61.1 Å². The first-order chi connectivity index (χ1) is 12.3. The summed E-state index contributed by atoms with van der Waals surface area (Å²) in [6.07, 6.45) is 7.61. The van der Waals surface area contributed by atoms with E-state index in [0.29, 0.717) is 11.6 Å². The van der Waals surface area contributed by atoms with Gasteiger partial charge in [-0.3, -0.25) is 14.1 Å². The standard InChI is InChI=1S/C18H26N4O2S/c23-13-14-5-4-6-20(11-14)12-15-16(19-18-22(15)9-10-25-18)17(24)21-7-2-1-3-8-21/h9-10,14,23H,1-8,11-13H2/t14-/m1/s1. The first kappa shape index (κ1) is 17.0. The van der Waals surface area contributed by atoms with Crippen molar-refractivity contribution in [1.82, 2.24) is 19.2 Å². The Kier molecular flexibility index (Phi) is 5.05. The average Bonchev–Trinajstić information content (AvgIpc) is 3.25. The Balaban J connectivity index is 1.60. The molecule has 0 saturated carbocycles. The summed E-state index contributed by atoms with van der Waals surface area (Å²) in [5.74, 6) is 0.433. The van der Waals surface area contributed by atoms with E-state index in [1.54, 1.807) is 11.3 Å². The number of hydrogen-bond acceptors (Lipinski definition) is 5. The molecule has 1 amide bonds. The van der Waals surface area contributed by atoms with Gasteiger partial charge in [0.2, 0.25) is 0 Å². The fourth-order valence-corrected chi connectivity index (χ4v) is 4.79. The predicted molar refractivity (Wildman–Crippen MR) is 97.9 cm³/mol. The summed E-state index contributed by atoms with van der Waals surface area (Å²) in [6, 6.07) is 0. The maximum atomic E-state index is 13.0. The highest BCUT2D eigenvalue weighted by molar-refractivity contribution is 7.15. The summed E-state index contributed by atoms with van der Waals surface area (Å²) < 4.78 is 2.07. The molecule has 136 valence electrons. The van der Waals surface area contributed by atoms with Gasteiger partial charge in [-0.1, -0.05) is 0 Å². The normalized spacial score (nSPS) is 22.6. The van der Waals surface area contributed by atoms with Crippen LogP contribution in [0.1, 0.15) is 48.3 Å². The minimum Gasteiger partial charge on any atom is -0.396 e. The van der Waals surface area contributed by atoms with Crippen molar-refractivity contribution in [3.05, 3.63) is 23.0 Å². The van der Waals surface area contributed by atoms with Crippen LogP contribution in [0.4, 0.5) is 0 Å². The quantitative estimate of drug-likeness (QED) is 0.906. The second-order valence-electron chi connectivity index (χ2n) is 7.24. The van der Waals surface area contributed by atoms with Crippen LogP contribution in [0.25, 0.3) is 4.96 Å². The van der Waals surface area contributed by atoms with E-state index in [-0.39, 0.29) is 12.5 Å². The Morgan fingerprint density at radius 2 is 2.08 bits per heavy atom. The molecule has 7 heteroatoms. The van der Waals surface area contributed by atoms with Gasteiger partial charge < -0.3 is 10.0 Å². The number of carbonyl (C=O) groups is 1. The SMILES string of the molecule is O=C(c1nc2sccn2c1CN1CCC[C@@H](CO)C1)N1CCCCC1. The fourth-order valence-electron chi connectivity index (χ4n) is 4.06. The van der Waals surface area contributed by atoms with Crippen LogP contribution in [0.5, 0.6) is 0 Å². The molecular weight excluding hydrogens is 336 g/mol. The molecule has 0 aromatic carbocycles. The number of aliphatic hydroxyl groups is 1. The molecule has 25 heavy (non-hydrogen) atoms. The van der Waals surface area contributed by atoms with Crippen molar-refractivity contribution < 1.29 is 9.90 Å². The molecule has 1 N–H and O–H groups in total. The Labute approximate surface area is 152 Å². The second-order valence-corrected chi connectivity index (χ2v) is 8.11. The molecule has 0 aliphatic carbocycles. The van der Waals surface area contributed by atoms with E-state index in [0.717, 1.165) is 69.1 Å². The van der Waals surface area contributed by atoms with Gasteiger partial charge in [-0.15, -0.1) is 11.3 Å². The molecule has 4 heterocycles. The van der Waals surface area contributed by atoms with E-state index in [2.05, 4.69) is 14.3 Å². The highest BCUT2D eigenvalue weighted by Crippen LogP contribution is 2.24. The summed E-state index contributed by atoms with van der Waals surface area (Å²) in [5, 5.41) is 11.5. The molecular formula is C18H26N4O2S. The third kappa shape index (κ3) is 3.45. The van der Waals surface area contributed by atoms with E-state index < -0.39 is 0 Å². The van der Waals surface area contributed by atoms with Gasteiger partial charge >= 0.3 is 0 Å². The predicted octanol–water partition coefficient (Wildman–Crippen LogP) is 2.23. The van der Waals surface area contributed by atoms with Gasteiger partial charge in [0, 0.05) is 44.4 Å². The van der Waals surface area contributed by atoms with Crippen molar-refractivity contribution in [2.75, 3.05) is 32.8 Å². The van der Waals surface area contributed by atoms with Gasteiger partial charge in [0.1, 0.15) is 0 Å². The van der Waals surface area contributed by atoms with Crippen molar-refractivity contribution in [2.24, 2.45) is 5.92 Å². The molecule has 0 bridgehead atoms. The summed E-state index contributed by atoms with van der Waals surface area (Å²) >= 11 is 1.58. The number of aromatic nitrogens is 2. The zero-order valence-corrected chi connectivity index (χ0v) is 15.4. The third-order valence-electron chi connectivity index (χ3n) is 5.44. The number of amides is 1. The lowest BCUT2D eigenvalue weighted by atomic mass is 9.99. The zero-order valence-electron chi connectivity index (χ0n) is 14.6. The minimum atomic E-state index is 0.0846. The molecule has 2 aromatic rings. The zero-order chi connectivity index (χ0) is 17.2. The van der Waals surface area contributed by atoms with Crippen LogP contribution >= 0.6 is 11.3 Å². The summed E-state index contributed by atoms with van der Waals surface area (Å²) in [6.45, 7) is 4.58. The number of fused-ring (bicyclic) bond motifs is 1. The number of likely N-dealkylation sites (tertiary alicyclic amines) is 2. The van der Waals surface area contributed by atoms with Crippen LogP contribution < -0.4 is 0 Å². The van der Waals surface area contributed by atoms with Crippen molar-refractivity contribution in [2.45, 2.75) is 38.6 Å². The Morgan fingerprint density at radius 1 is 1.24 bits per heavy atom. The first-order valence-corrected chi connectivity index (χ1v) is 10.2. The third-order valence-corrected chi connectivity index (χ3v) is 6.20. The van der Waals surface area contributed by atoms with Crippen LogP contribution in [0, 0.1) is 5.92 Å². The van der Waals surface area contributed by atoms with Gasteiger partial charge in [-0.2, -0.15) is 0 Å². The molecule has 0 unspecified atom stereocenters. The maximum Gasteiger partial charge on any atom is 0.274 e. The van der Waals surface area contributed by atoms with Crippen LogP contribution in [0.2, 0.25) is 0 Å². The maximum absolute atomic E-state index is 13.0. The molecule has 2 aliphatic heterocycles. The second kappa shape index (κ2) is 7.43. The summed E-state index contributed by atoms with van der Waals surface area (Å²) in [7, 11) is 0. The van der Waals surface area contributed by atoms with E-state index in [9.17, 15) is 9.90 Å². The van der Waals surface area contributed by atoms with Crippen LogP contribution in [0.3, 0.4) is 0 Å². The summed E-state index contributed by atoms with van der Waals surface area (Å²) in [4.78, 5) is 22.9. The van der Waals surface area contributed by atoms with Crippen molar-refractivity contribution in [3.8, 4) is 0 Å². The minimum absolute atomic E-state index is 0.0846. The molecule has 2 aromatic heterocycles. The lowest BCUT2D eigenvalue weighted by molar-refractivity contribution is 0.0713. The Bertz CT molecular complexity index is 735. The molecule has 2 fully saturated rings. The number of rotatable bonds is 4. The van der Waals surface area contributed by atoms with Crippen molar-refractivity contribution >= 4 is 22.2 Å². The highest BCUT2D eigenvalue weighted by atomic mass is 32.1. The van der Waals surface area contributed by atoms with Gasteiger partial charge in [0.15, 0.2) is 10.7 Å². The first-order valence-electron chi connectivity index (χ1n) is 9.33. The molecule has 2 saturated heterocycles. The number of piperidine rings is 2. The Morgan fingerprint density at radius 3 is 2.88 bits per heavy atom. The van der Waals surface area contributed by atoms with Gasteiger partial charge in [0.05, 0.1) is 5.69 Å². The smallest absolute Gasteiger partial charge is 0.274 e. The van der Waals surface area contributed by atoms with E-state index in [1.165, 1.54) is 6.42 Å². The molecule has 1 atom stereocenters. The van der Waals surface area contributed by atoms with Crippen LogP contribution in [0.15, 0.2) is 11.6 Å². The van der Waals surface area contributed by atoms with Crippen LogP contribution in [-0.4, -0.2) is 63.0 Å². The lowest BCUT2D eigenvalue weighted by Crippen LogP contribution is -2.38. The van der Waals surface area contributed by atoms with Gasteiger partial charge in [-0.05, 0) is 44.6 Å². The van der Waals surface area contributed by atoms with Gasteiger partial charge in [-0.25, -0.2) is 4.98 Å². The monoisotopic (exact) mass is 362 g/mol. The van der Waals surface area contributed by atoms with Gasteiger partial charge in [0.25, 0.3) is 5.91 Å². The largest absolute Gasteiger partial charge is 0.396 e. The number of nitrogens with zero attached hydrogens (tertiary/aromatic N) is 4. The molecule has 0 radical (unpaired) electrons. The number of thiazole rings is 1. The number of carbonyl (C=O) groups excluding carboxylic acids is 1. The summed E-state index contributed by atoms with van der Waals surface area (Å²) in [5.41, 5.74) is 1.63. The van der Waals surface area contributed by atoms with Crippen molar-refractivity contribution in [3.63, 3.8) is 0 Å². The molecule has 6 nitrogen and oxygen atoms in total. The highest BCUT2D eigenvalue weighted by Gasteiger charge is 2.28. The van der Waals surface area contributed by atoms with Crippen molar-refractivity contribution in [1.29, 1.82) is 0 Å². The number of aliphatic hydroxyl groups excluding tert-OH is 1. The average molecular weight is 362 g/mol. The fraction of sp³-hybridized carbons (Fsp3) is 0.667. The van der Waals surface area contributed by atoms with E-state index >= 15 is 0 Å². The van der Waals surface area contributed by atoms with Crippen LogP contribution in [-0.2, 0) is 6.54 Å². The molecule has 2 aliphatic rings. The number of hydrogen-bond donors (Lipinski definition) is 1.